The number of amides is 1. The number of carbonyl (C=O) groups is 1. The van der Waals surface area contributed by atoms with Gasteiger partial charge in [0.05, 0.1) is 6.54 Å². The highest BCUT2D eigenvalue weighted by atomic mass is 16.2. The van der Waals surface area contributed by atoms with Crippen LogP contribution in [0.15, 0.2) is 48.5 Å². The number of hydrogen-bond donors (Lipinski definition) is 0. The van der Waals surface area contributed by atoms with Crippen molar-refractivity contribution in [3.63, 3.8) is 0 Å². The molecule has 3 heteroatoms. The molecule has 1 amide bonds. The molecular weight excluding hydrogens is 236 g/mol. The van der Waals surface area contributed by atoms with Crippen LogP contribution in [0.2, 0.25) is 0 Å². The fourth-order valence-corrected chi connectivity index (χ4v) is 2.40. The quantitative estimate of drug-likeness (QED) is 0.820. The minimum atomic E-state index is 0.0894. The van der Waals surface area contributed by atoms with Gasteiger partial charge in [0.15, 0.2) is 0 Å². The van der Waals surface area contributed by atoms with Crippen LogP contribution in [-0.2, 0) is 6.54 Å². The van der Waals surface area contributed by atoms with Gasteiger partial charge < -0.3 is 9.80 Å². The molecule has 0 atom stereocenters. The van der Waals surface area contributed by atoms with Crippen LogP contribution >= 0.6 is 0 Å². The average molecular weight is 252 g/mol. The summed E-state index contributed by atoms with van der Waals surface area (Å²) in [6.45, 7) is 0.659. The van der Waals surface area contributed by atoms with Gasteiger partial charge in [-0.3, -0.25) is 4.79 Å². The Bertz CT molecular complexity index is 634. The monoisotopic (exact) mass is 252 g/mol. The van der Waals surface area contributed by atoms with Crippen LogP contribution in [0, 0.1) is 0 Å². The maximum Gasteiger partial charge on any atom is 0.258 e. The van der Waals surface area contributed by atoms with E-state index in [2.05, 4.69) is 0 Å². The summed E-state index contributed by atoms with van der Waals surface area (Å²) in [6, 6.07) is 15.9. The summed E-state index contributed by atoms with van der Waals surface area (Å²) in [7, 11) is 4.00. The minimum Gasteiger partial charge on any atom is -0.378 e. The van der Waals surface area contributed by atoms with E-state index in [-0.39, 0.29) is 5.91 Å². The van der Waals surface area contributed by atoms with Crippen LogP contribution in [0.3, 0.4) is 0 Å². The first kappa shape index (κ1) is 11.8. The van der Waals surface area contributed by atoms with E-state index in [0.717, 1.165) is 22.5 Å². The van der Waals surface area contributed by atoms with Crippen LogP contribution in [0.4, 0.5) is 11.4 Å². The van der Waals surface area contributed by atoms with Crippen molar-refractivity contribution in [2.45, 2.75) is 6.54 Å². The highest BCUT2D eigenvalue weighted by Gasteiger charge is 2.27. The largest absolute Gasteiger partial charge is 0.378 e. The zero-order valence-corrected chi connectivity index (χ0v) is 11.1. The first-order chi connectivity index (χ1) is 9.16. The second-order valence-corrected chi connectivity index (χ2v) is 4.96. The van der Waals surface area contributed by atoms with Crippen molar-refractivity contribution in [3.8, 4) is 0 Å². The zero-order valence-electron chi connectivity index (χ0n) is 11.1. The van der Waals surface area contributed by atoms with Crippen molar-refractivity contribution in [1.82, 2.24) is 0 Å². The standard InChI is InChI=1S/C16H16N2O/c1-17(2)13-7-5-8-14(10-13)18-11-12-6-3-4-9-15(12)16(18)19/h3-10H,11H2,1-2H3. The molecule has 1 aliphatic heterocycles. The third kappa shape index (κ3) is 1.97. The number of fused-ring (bicyclic) bond motifs is 1. The minimum absolute atomic E-state index is 0.0894. The number of nitrogens with zero attached hydrogens (tertiary/aromatic N) is 2. The number of anilines is 2. The van der Waals surface area contributed by atoms with Gasteiger partial charge in [0, 0.05) is 31.0 Å². The molecule has 0 saturated heterocycles. The van der Waals surface area contributed by atoms with Crippen LogP contribution in [0.5, 0.6) is 0 Å². The Hall–Kier alpha value is -2.29. The molecule has 0 spiro atoms. The van der Waals surface area contributed by atoms with E-state index >= 15 is 0 Å². The van der Waals surface area contributed by atoms with E-state index in [1.54, 1.807) is 0 Å². The molecule has 0 bridgehead atoms. The number of carbonyl (C=O) groups excluding carboxylic acids is 1. The molecular formula is C16H16N2O. The molecule has 3 rings (SSSR count). The van der Waals surface area contributed by atoms with Gasteiger partial charge in [0.25, 0.3) is 5.91 Å². The molecule has 0 aromatic heterocycles. The Kier molecular flexibility index (Phi) is 2.75. The summed E-state index contributed by atoms with van der Waals surface area (Å²) in [5.74, 6) is 0.0894. The summed E-state index contributed by atoms with van der Waals surface area (Å²) >= 11 is 0. The maximum atomic E-state index is 12.4. The van der Waals surface area contributed by atoms with E-state index < -0.39 is 0 Å². The van der Waals surface area contributed by atoms with Crippen molar-refractivity contribution >= 4 is 17.3 Å². The second-order valence-electron chi connectivity index (χ2n) is 4.96. The lowest BCUT2D eigenvalue weighted by atomic mass is 10.1. The topological polar surface area (TPSA) is 23.6 Å². The molecule has 0 unspecified atom stereocenters. The first-order valence-electron chi connectivity index (χ1n) is 6.34. The lowest BCUT2D eigenvalue weighted by molar-refractivity contribution is 0.0996. The SMILES string of the molecule is CN(C)c1cccc(N2Cc3ccccc3C2=O)c1. The van der Waals surface area contributed by atoms with Gasteiger partial charge in [-0.1, -0.05) is 24.3 Å². The van der Waals surface area contributed by atoms with Crippen LogP contribution in [0.1, 0.15) is 15.9 Å². The smallest absolute Gasteiger partial charge is 0.258 e. The number of hydrogen-bond acceptors (Lipinski definition) is 2. The van der Waals surface area contributed by atoms with Gasteiger partial charge in [-0.25, -0.2) is 0 Å². The Morgan fingerprint density at radius 2 is 1.84 bits per heavy atom. The average Bonchev–Trinajstić information content (AvgIpc) is 2.77. The lowest BCUT2D eigenvalue weighted by Gasteiger charge is -2.19. The van der Waals surface area contributed by atoms with E-state index in [1.807, 2.05) is 72.4 Å². The summed E-state index contributed by atoms with van der Waals surface area (Å²) < 4.78 is 0. The van der Waals surface area contributed by atoms with Crippen molar-refractivity contribution in [1.29, 1.82) is 0 Å². The summed E-state index contributed by atoms with van der Waals surface area (Å²) in [6.07, 6.45) is 0. The van der Waals surface area contributed by atoms with Gasteiger partial charge >= 0.3 is 0 Å². The third-order valence-corrected chi connectivity index (χ3v) is 3.48. The molecule has 0 aliphatic carbocycles. The predicted octanol–water partition coefficient (Wildman–Crippen LogP) is 2.91. The van der Waals surface area contributed by atoms with Gasteiger partial charge in [-0.05, 0) is 29.8 Å². The fraction of sp³-hybridized carbons (Fsp3) is 0.188. The molecule has 96 valence electrons. The predicted molar refractivity (Wildman–Crippen MR) is 77.7 cm³/mol. The van der Waals surface area contributed by atoms with E-state index in [4.69, 9.17) is 0 Å². The molecule has 0 N–H and O–H groups in total. The van der Waals surface area contributed by atoms with Crippen molar-refractivity contribution in [3.05, 3.63) is 59.7 Å². The molecule has 1 aliphatic rings. The number of rotatable bonds is 2. The molecule has 0 radical (unpaired) electrons. The fourth-order valence-electron chi connectivity index (χ4n) is 2.40. The second kappa shape index (κ2) is 4.43. The summed E-state index contributed by atoms with van der Waals surface area (Å²) in [5, 5.41) is 0. The number of benzene rings is 2. The molecule has 0 saturated carbocycles. The van der Waals surface area contributed by atoms with Gasteiger partial charge in [0.2, 0.25) is 0 Å². The third-order valence-electron chi connectivity index (χ3n) is 3.48. The molecule has 1 heterocycles. The van der Waals surface area contributed by atoms with Gasteiger partial charge in [-0.2, -0.15) is 0 Å². The zero-order chi connectivity index (χ0) is 13.4. The highest BCUT2D eigenvalue weighted by Crippen LogP contribution is 2.29. The van der Waals surface area contributed by atoms with Gasteiger partial charge in [0.1, 0.15) is 0 Å². The van der Waals surface area contributed by atoms with E-state index in [1.165, 1.54) is 0 Å². The molecule has 2 aromatic carbocycles. The molecule has 0 fully saturated rings. The van der Waals surface area contributed by atoms with Crippen LogP contribution < -0.4 is 9.80 Å². The van der Waals surface area contributed by atoms with E-state index in [0.29, 0.717) is 6.54 Å². The molecule has 2 aromatic rings. The Morgan fingerprint density at radius 3 is 2.58 bits per heavy atom. The Labute approximate surface area is 113 Å². The van der Waals surface area contributed by atoms with Gasteiger partial charge in [-0.15, -0.1) is 0 Å². The Morgan fingerprint density at radius 1 is 1.05 bits per heavy atom. The molecule has 3 nitrogen and oxygen atoms in total. The lowest BCUT2D eigenvalue weighted by Crippen LogP contribution is -2.23. The van der Waals surface area contributed by atoms with Crippen LogP contribution in [0.25, 0.3) is 0 Å². The molecule has 19 heavy (non-hydrogen) atoms. The maximum absolute atomic E-state index is 12.4. The van der Waals surface area contributed by atoms with Crippen molar-refractivity contribution in [2.24, 2.45) is 0 Å². The normalized spacial score (nSPS) is 13.6. The van der Waals surface area contributed by atoms with Crippen LogP contribution in [-0.4, -0.2) is 20.0 Å². The first-order valence-corrected chi connectivity index (χ1v) is 6.34. The van der Waals surface area contributed by atoms with E-state index in [9.17, 15) is 4.79 Å². The summed E-state index contributed by atoms with van der Waals surface area (Å²) in [5.41, 5.74) is 3.97. The summed E-state index contributed by atoms with van der Waals surface area (Å²) in [4.78, 5) is 16.3. The highest BCUT2D eigenvalue weighted by molar-refractivity contribution is 6.10. The Balaban J connectivity index is 1.97. The van der Waals surface area contributed by atoms with Crippen molar-refractivity contribution in [2.75, 3.05) is 23.9 Å². The van der Waals surface area contributed by atoms with Crippen molar-refractivity contribution < 1.29 is 4.79 Å².